The number of rotatable bonds is 3. The fourth-order valence-electron chi connectivity index (χ4n) is 2.17. The van der Waals surface area contributed by atoms with E-state index in [9.17, 15) is 5.11 Å². The van der Waals surface area contributed by atoms with E-state index >= 15 is 0 Å². The van der Waals surface area contributed by atoms with Crippen LogP contribution in [0.25, 0.3) is 0 Å². The maximum absolute atomic E-state index is 10.2. The average molecular weight is 185 g/mol. The molecular formula is C11H23NO. The maximum atomic E-state index is 10.2. The van der Waals surface area contributed by atoms with Gasteiger partial charge in [0.25, 0.3) is 0 Å². The molecule has 13 heavy (non-hydrogen) atoms. The Morgan fingerprint density at radius 2 is 2.23 bits per heavy atom. The average Bonchev–Trinajstić information content (AvgIpc) is 2.01. The summed E-state index contributed by atoms with van der Waals surface area (Å²) in [6, 6.07) is 0.228. The summed E-state index contributed by atoms with van der Waals surface area (Å²) in [5.41, 5.74) is 5.41. The van der Waals surface area contributed by atoms with Gasteiger partial charge in [0, 0.05) is 6.04 Å². The van der Waals surface area contributed by atoms with Gasteiger partial charge in [-0.05, 0) is 44.4 Å². The van der Waals surface area contributed by atoms with Crippen molar-refractivity contribution in [2.24, 2.45) is 11.7 Å². The van der Waals surface area contributed by atoms with Crippen molar-refractivity contribution in [1.29, 1.82) is 0 Å². The van der Waals surface area contributed by atoms with Crippen LogP contribution in [0.1, 0.15) is 52.4 Å². The third kappa shape index (κ3) is 3.65. The molecule has 0 bridgehead atoms. The van der Waals surface area contributed by atoms with Crippen LogP contribution in [0.4, 0.5) is 0 Å². The zero-order chi connectivity index (χ0) is 9.90. The summed E-state index contributed by atoms with van der Waals surface area (Å²) in [5.74, 6) is 0.683. The van der Waals surface area contributed by atoms with Crippen LogP contribution in [0, 0.1) is 5.92 Å². The van der Waals surface area contributed by atoms with Crippen LogP contribution in [0.15, 0.2) is 0 Å². The lowest BCUT2D eigenvalue weighted by atomic mass is 9.78. The molecule has 0 saturated heterocycles. The summed E-state index contributed by atoms with van der Waals surface area (Å²) in [7, 11) is 0. The third-order valence-electron chi connectivity index (χ3n) is 3.05. The van der Waals surface area contributed by atoms with Crippen LogP contribution in [0.2, 0.25) is 0 Å². The first kappa shape index (κ1) is 11.0. The molecule has 0 aromatic heterocycles. The van der Waals surface area contributed by atoms with E-state index in [-0.39, 0.29) is 6.04 Å². The summed E-state index contributed by atoms with van der Waals surface area (Å²) < 4.78 is 0. The molecule has 0 aromatic rings. The first-order chi connectivity index (χ1) is 6.02. The SMILES string of the molecule is CC(C)CCC1(O)CCCC(N)C1. The first-order valence-corrected chi connectivity index (χ1v) is 5.50. The molecular weight excluding hydrogens is 162 g/mol. The van der Waals surface area contributed by atoms with Crippen molar-refractivity contribution in [3.05, 3.63) is 0 Å². The highest BCUT2D eigenvalue weighted by molar-refractivity contribution is 4.88. The topological polar surface area (TPSA) is 46.2 Å². The lowest BCUT2D eigenvalue weighted by molar-refractivity contribution is -0.0139. The van der Waals surface area contributed by atoms with Crippen molar-refractivity contribution >= 4 is 0 Å². The molecule has 2 atom stereocenters. The maximum Gasteiger partial charge on any atom is 0.0662 e. The van der Waals surface area contributed by atoms with Gasteiger partial charge in [0.1, 0.15) is 0 Å². The standard InChI is InChI=1S/C11H23NO/c1-9(2)5-7-11(13)6-3-4-10(12)8-11/h9-10,13H,3-8,12H2,1-2H3. The van der Waals surface area contributed by atoms with Gasteiger partial charge in [0.15, 0.2) is 0 Å². The molecule has 0 aliphatic heterocycles. The van der Waals surface area contributed by atoms with E-state index in [4.69, 9.17) is 5.73 Å². The van der Waals surface area contributed by atoms with Gasteiger partial charge in [-0.25, -0.2) is 0 Å². The highest BCUT2D eigenvalue weighted by Gasteiger charge is 2.32. The molecule has 2 unspecified atom stereocenters. The third-order valence-corrected chi connectivity index (χ3v) is 3.05. The van der Waals surface area contributed by atoms with Crippen LogP contribution >= 0.6 is 0 Å². The molecule has 0 radical (unpaired) electrons. The molecule has 2 heteroatoms. The van der Waals surface area contributed by atoms with Crippen molar-refractivity contribution in [3.8, 4) is 0 Å². The Bertz CT molecular complexity index is 158. The molecule has 1 aliphatic rings. The predicted molar refractivity (Wildman–Crippen MR) is 55.5 cm³/mol. The molecule has 1 fully saturated rings. The van der Waals surface area contributed by atoms with E-state index in [0.29, 0.717) is 5.92 Å². The first-order valence-electron chi connectivity index (χ1n) is 5.50. The fraction of sp³-hybridized carbons (Fsp3) is 1.00. The van der Waals surface area contributed by atoms with Gasteiger partial charge in [-0.15, -0.1) is 0 Å². The highest BCUT2D eigenvalue weighted by Crippen LogP contribution is 2.32. The normalized spacial score (nSPS) is 35.3. The minimum atomic E-state index is -0.443. The van der Waals surface area contributed by atoms with Crippen LogP contribution in [0.3, 0.4) is 0 Å². The Balaban J connectivity index is 2.35. The van der Waals surface area contributed by atoms with Gasteiger partial charge in [-0.3, -0.25) is 0 Å². The largest absolute Gasteiger partial charge is 0.390 e. The second kappa shape index (κ2) is 4.43. The molecule has 0 heterocycles. The smallest absolute Gasteiger partial charge is 0.0662 e. The van der Waals surface area contributed by atoms with Crippen molar-refractivity contribution < 1.29 is 5.11 Å². The molecule has 0 spiro atoms. The minimum Gasteiger partial charge on any atom is -0.390 e. The zero-order valence-electron chi connectivity index (χ0n) is 8.92. The van der Waals surface area contributed by atoms with E-state index < -0.39 is 5.60 Å². The van der Waals surface area contributed by atoms with E-state index in [1.54, 1.807) is 0 Å². The number of nitrogens with two attached hydrogens (primary N) is 1. The van der Waals surface area contributed by atoms with Crippen LogP contribution in [-0.4, -0.2) is 16.7 Å². The van der Waals surface area contributed by atoms with E-state index in [2.05, 4.69) is 13.8 Å². The second-order valence-corrected chi connectivity index (χ2v) is 5.01. The summed E-state index contributed by atoms with van der Waals surface area (Å²) >= 11 is 0. The Morgan fingerprint density at radius 3 is 2.77 bits per heavy atom. The van der Waals surface area contributed by atoms with Crippen molar-refractivity contribution in [2.45, 2.75) is 64.0 Å². The van der Waals surface area contributed by atoms with Gasteiger partial charge < -0.3 is 10.8 Å². The van der Waals surface area contributed by atoms with E-state index in [0.717, 1.165) is 38.5 Å². The molecule has 0 aromatic carbocycles. The molecule has 1 saturated carbocycles. The van der Waals surface area contributed by atoms with Gasteiger partial charge in [0.2, 0.25) is 0 Å². The minimum absolute atomic E-state index is 0.228. The van der Waals surface area contributed by atoms with Gasteiger partial charge >= 0.3 is 0 Å². The number of aliphatic hydroxyl groups is 1. The number of hydrogen-bond acceptors (Lipinski definition) is 2. The van der Waals surface area contributed by atoms with Crippen molar-refractivity contribution in [3.63, 3.8) is 0 Å². The Morgan fingerprint density at radius 1 is 1.54 bits per heavy atom. The van der Waals surface area contributed by atoms with E-state index in [1.165, 1.54) is 0 Å². The quantitative estimate of drug-likeness (QED) is 0.707. The monoisotopic (exact) mass is 185 g/mol. The summed E-state index contributed by atoms with van der Waals surface area (Å²) in [4.78, 5) is 0. The molecule has 1 aliphatic carbocycles. The van der Waals surface area contributed by atoms with Crippen molar-refractivity contribution in [2.75, 3.05) is 0 Å². The van der Waals surface area contributed by atoms with Crippen LogP contribution in [0.5, 0.6) is 0 Å². The molecule has 78 valence electrons. The Labute approximate surface area is 81.5 Å². The predicted octanol–water partition coefficient (Wildman–Crippen LogP) is 2.05. The number of hydrogen-bond donors (Lipinski definition) is 2. The second-order valence-electron chi connectivity index (χ2n) is 5.01. The van der Waals surface area contributed by atoms with Gasteiger partial charge in [-0.1, -0.05) is 13.8 Å². The Hall–Kier alpha value is -0.0800. The highest BCUT2D eigenvalue weighted by atomic mass is 16.3. The van der Waals surface area contributed by atoms with Crippen molar-refractivity contribution in [1.82, 2.24) is 0 Å². The van der Waals surface area contributed by atoms with Gasteiger partial charge in [-0.2, -0.15) is 0 Å². The zero-order valence-corrected chi connectivity index (χ0v) is 8.92. The fourth-order valence-corrected chi connectivity index (χ4v) is 2.17. The lowest BCUT2D eigenvalue weighted by Gasteiger charge is -2.35. The Kier molecular flexibility index (Phi) is 3.74. The summed E-state index contributed by atoms with van der Waals surface area (Å²) in [6.07, 6.45) is 5.98. The lowest BCUT2D eigenvalue weighted by Crippen LogP contribution is -2.41. The summed E-state index contributed by atoms with van der Waals surface area (Å²) in [5, 5.41) is 10.2. The van der Waals surface area contributed by atoms with Crippen LogP contribution < -0.4 is 5.73 Å². The van der Waals surface area contributed by atoms with E-state index in [1.807, 2.05) is 0 Å². The van der Waals surface area contributed by atoms with Gasteiger partial charge in [0.05, 0.1) is 5.60 Å². The summed E-state index contributed by atoms with van der Waals surface area (Å²) in [6.45, 7) is 4.40. The molecule has 0 amide bonds. The molecule has 1 rings (SSSR count). The molecule has 3 N–H and O–H groups in total. The van der Waals surface area contributed by atoms with Crippen LogP contribution in [-0.2, 0) is 0 Å². The molecule has 2 nitrogen and oxygen atoms in total.